The Balaban J connectivity index is 1.45. The van der Waals surface area contributed by atoms with Crippen LogP contribution in [0.5, 0.6) is 0 Å². The third-order valence-corrected chi connectivity index (χ3v) is 6.78. The minimum absolute atomic E-state index is 0.0642. The predicted molar refractivity (Wildman–Crippen MR) is 105 cm³/mol. The van der Waals surface area contributed by atoms with Gasteiger partial charge in [0.25, 0.3) is 0 Å². The Morgan fingerprint density at radius 1 is 1.24 bits per heavy atom. The Bertz CT molecular complexity index is 668. The molecule has 6 heteroatoms. The van der Waals surface area contributed by atoms with Crippen molar-refractivity contribution in [1.82, 2.24) is 10.2 Å². The van der Waals surface area contributed by atoms with Crippen LogP contribution >= 0.6 is 23.1 Å². The zero-order valence-electron chi connectivity index (χ0n) is 14.6. The van der Waals surface area contributed by atoms with E-state index in [2.05, 4.69) is 34.6 Å². The maximum Gasteiger partial charge on any atom is 0.226 e. The number of thioether (sulfide) groups is 1. The first-order chi connectivity index (χ1) is 12.2. The van der Waals surface area contributed by atoms with Gasteiger partial charge in [0.2, 0.25) is 11.0 Å². The molecule has 0 spiro atoms. The number of amides is 1. The highest BCUT2D eigenvalue weighted by atomic mass is 32.2. The van der Waals surface area contributed by atoms with E-state index >= 15 is 0 Å². The van der Waals surface area contributed by atoms with Crippen LogP contribution in [0.1, 0.15) is 62.7 Å². The van der Waals surface area contributed by atoms with E-state index in [0.29, 0.717) is 16.8 Å². The molecular formula is C19H25N3OS2. The molecule has 1 aromatic carbocycles. The second kappa shape index (κ2) is 9.34. The number of anilines is 1. The van der Waals surface area contributed by atoms with Gasteiger partial charge in [-0.1, -0.05) is 85.5 Å². The molecular weight excluding hydrogens is 350 g/mol. The number of nitrogens with one attached hydrogen (secondary N) is 1. The molecule has 1 N–H and O–H groups in total. The van der Waals surface area contributed by atoms with Gasteiger partial charge in [-0.3, -0.25) is 4.79 Å². The van der Waals surface area contributed by atoms with Gasteiger partial charge in [0, 0.05) is 11.7 Å². The Labute approximate surface area is 157 Å². The lowest BCUT2D eigenvalue weighted by Gasteiger charge is -2.20. The van der Waals surface area contributed by atoms with Crippen molar-refractivity contribution in [3.05, 3.63) is 35.9 Å². The van der Waals surface area contributed by atoms with Crippen molar-refractivity contribution in [3.63, 3.8) is 0 Å². The van der Waals surface area contributed by atoms with Crippen molar-refractivity contribution >= 4 is 34.1 Å². The summed E-state index contributed by atoms with van der Waals surface area (Å²) in [7, 11) is 0. The fourth-order valence-electron chi connectivity index (χ4n) is 3.24. The molecule has 1 aliphatic carbocycles. The number of benzene rings is 1. The Kier molecular flexibility index (Phi) is 6.87. The highest BCUT2D eigenvalue weighted by Crippen LogP contribution is 2.37. The summed E-state index contributed by atoms with van der Waals surface area (Å²) in [6.07, 6.45) is 8.15. The largest absolute Gasteiger partial charge is 0.301 e. The summed E-state index contributed by atoms with van der Waals surface area (Å²) in [5.41, 5.74) is 1.26. The fraction of sp³-hybridized carbons (Fsp3) is 0.526. The van der Waals surface area contributed by atoms with Gasteiger partial charge in [0.1, 0.15) is 0 Å². The standard InChI is InChI=1S/C19H25N3OS2/c1-14(16-10-6-3-7-11-16)24-19-22-21-18(25-19)20-17(23)13-12-15-8-4-2-5-9-15/h3,6-7,10-11,14-15H,2,4-5,8-9,12-13H2,1H3,(H,20,21,23)/t14-/m0/s1. The van der Waals surface area contributed by atoms with Crippen LogP contribution in [0.3, 0.4) is 0 Å². The maximum atomic E-state index is 12.1. The topological polar surface area (TPSA) is 54.9 Å². The monoisotopic (exact) mass is 375 g/mol. The molecule has 1 aromatic heterocycles. The summed E-state index contributed by atoms with van der Waals surface area (Å²) >= 11 is 3.13. The third kappa shape index (κ3) is 5.82. The van der Waals surface area contributed by atoms with Gasteiger partial charge in [-0.25, -0.2) is 0 Å². The van der Waals surface area contributed by atoms with Crippen LogP contribution in [-0.4, -0.2) is 16.1 Å². The van der Waals surface area contributed by atoms with Crippen LogP contribution in [0.15, 0.2) is 34.7 Å². The number of carbonyl (C=O) groups excluding carboxylic acids is 1. The summed E-state index contributed by atoms with van der Waals surface area (Å²) in [6.45, 7) is 2.16. The molecule has 1 atom stereocenters. The lowest BCUT2D eigenvalue weighted by molar-refractivity contribution is -0.116. The number of rotatable bonds is 7. The Morgan fingerprint density at radius 2 is 2.00 bits per heavy atom. The quantitative estimate of drug-likeness (QED) is 0.499. The van der Waals surface area contributed by atoms with Crippen molar-refractivity contribution in [2.75, 3.05) is 5.32 Å². The second-order valence-corrected chi connectivity index (χ2v) is 9.20. The minimum atomic E-state index is 0.0642. The Hall–Kier alpha value is -1.40. The SMILES string of the molecule is C[C@H](Sc1nnc(NC(=O)CCC2CCCCC2)s1)c1ccccc1. The number of hydrogen-bond donors (Lipinski definition) is 1. The first-order valence-corrected chi connectivity index (χ1v) is 10.8. The highest BCUT2D eigenvalue weighted by molar-refractivity contribution is 8.01. The smallest absolute Gasteiger partial charge is 0.226 e. The van der Waals surface area contributed by atoms with E-state index in [1.807, 2.05) is 18.2 Å². The molecule has 2 aromatic rings. The molecule has 0 aliphatic heterocycles. The highest BCUT2D eigenvalue weighted by Gasteiger charge is 2.16. The first kappa shape index (κ1) is 18.4. The molecule has 0 unspecified atom stereocenters. The van der Waals surface area contributed by atoms with Gasteiger partial charge in [0.05, 0.1) is 0 Å². The fourth-order valence-corrected chi connectivity index (χ4v) is 5.28. The van der Waals surface area contributed by atoms with Crippen LogP contribution in [-0.2, 0) is 4.79 Å². The van der Waals surface area contributed by atoms with Gasteiger partial charge in [-0.05, 0) is 24.8 Å². The second-order valence-electron chi connectivity index (χ2n) is 6.63. The molecule has 1 aliphatic rings. The molecule has 1 heterocycles. The molecule has 1 fully saturated rings. The van der Waals surface area contributed by atoms with E-state index in [1.54, 1.807) is 11.8 Å². The Morgan fingerprint density at radius 3 is 2.76 bits per heavy atom. The van der Waals surface area contributed by atoms with E-state index in [0.717, 1.165) is 16.7 Å². The van der Waals surface area contributed by atoms with Crippen molar-refractivity contribution in [2.45, 2.75) is 61.5 Å². The summed E-state index contributed by atoms with van der Waals surface area (Å²) < 4.78 is 0.888. The molecule has 0 bridgehead atoms. The number of nitrogens with zero attached hydrogens (tertiary/aromatic N) is 2. The van der Waals surface area contributed by atoms with Crippen LogP contribution in [0.4, 0.5) is 5.13 Å². The lowest BCUT2D eigenvalue weighted by Crippen LogP contribution is -2.14. The van der Waals surface area contributed by atoms with Crippen molar-refractivity contribution in [1.29, 1.82) is 0 Å². The molecule has 25 heavy (non-hydrogen) atoms. The maximum absolute atomic E-state index is 12.1. The van der Waals surface area contributed by atoms with E-state index < -0.39 is 0 Å². The van der Waals surface area contributed by atoms with E-state index in [4.69, 9.17) is 0 Å². The summed E-state index contributed by atoms with van der Waals surface area (Å²) in [4.78, 5) is 12.1. The third-order valence-electron chi connectivity index (χ3n) is 4.70. The van der Waals surface area contributed by atoms with Crippen LogP contribution in [0, 0.1) is 5.92 Å². The van der Waals surface area contributed by atoms with Crippen LogP contribution in [0.2, 0.25) is 0 Å². The zero-order valence-corrected chi connectivity index (χ0v) is 16.2. The van der Waals surface area contributed by atoms with Gasteiger partial charge in [-0.2, -0.15) is 0 Å². The van der Waals surface area contributed by atoms with E-state index in [9.17, 15) is 4.79 Å². The van der Waals surface area contributed by atoms with Gasteiger partial charge in [-0.15, -0.1) is 10.2 Å². The summed E-state index contributed by atoms with van der Waals surface area (Å²) in [5, 5.41) is 12.1. The van der Waals surface area contributed by atoms with Crippen LogP contribution < -0.4 is 5.32 Å². The zero-order chi connectivity index (χ0) is 17.5. The normalized spacial score (nSPS) is 16.5. The average Bonchev–Trinajstić information content (AvgIpc) is 3.08. The summed E-state index contributed by atoms with van der Waals surface area (Å²) in [5.74, 6) is 0.793. The molecule has 0 radical (unpaired) electrons. The van der Waals surface area contributed by atoms with Crippen LogP contribution in [0.25, 0.3) is 0 Å². The van der Waals surface area contributed by atoms with Gasteiger partial charge >= 0.3 is 0 Å². The first-order valence-electron chi connectivity index (χ1n) is 9.05. The lowest BCUT2D eigenvalue weighted by atomic mass is 9.86. The van der Waals surface area contributed by atoms with Gasteiger partial charge in [0.15, 0.2) is 4.34 Å². The molecule has 1 saturated carbocycles. The van der Waals surface area contributed by atoms with Gasteiger partial charge < -0.3 is 5.32 Å². The number of carbonyl (C=O) groups is 1. The molecule has 134 valence electrons. The molecule has 3 rings (SSSR count). The number of hydrogen-bond acceptors (Lipinski definition) is 5. The molecule has 0 saturated heterocycles. The van der Waals surface area contributed by atoms with E-state index in [1.165, 1.54) is 49.0 Å². The molecule has 1 amide bonds. The minimum Gasteiger partial charge on any atom is -0.301 e. The predicted octanol–water partition coefficient (Wildman–Crippen LogP) is 5.69. The van der Waals surface area contributed by atoms with Crippen molar-refractivity contribution < 1.29 is 4.79 Å². The van der Waals surface area contributed by atoms with E-state index in [-0.39, 0.29) is 5.91 Å². The molecule has 4 nitrogen and oxygen atoms in total. The van der Waals surface area contributed by atoms with Crippen molar-refractivity contribution in [2.24, 2.45) is 5.92 Å². The number of aromatic nitrogens is 2. The average molecular weight is 376 g/mol. The summed E-state index contributed by atoms with van der Waals surface area (Å²) in [6, 6.07) is 10.3. The van der Waals surface area contributed by atoms with Crippen molar-refractivity contribution in [3.8, 4) is 0 Å².